The number of phenolic OH excluding ortho intramolecular Hbond substituents is 2. The fourth-order valence-electron chi connectivity index (χ4n) is 8.96. The standard InChI is InChI=1S/C56H47Cl2N15O18S6/c1-29-3-7-35(8-4-29)70-72-47-43(92-90-88-76)25-31-23-39(96(82,83)84)27-41(45(31)49(47)74)62-55-66-51(57)64-53(68-55)60-33-11-15-37(16-12-33)94(78,79)21-19-59-20-22-95(80,81)38-17-13-34(14-18-38)61-54-65-52(58)67-56(69-54)63-42-28-40(97(85,86)87)24-32-26-44(93-91-89-77)48(50(75)46(32)42)73-71-36-9-5-30(2)6-10-36/h3-18,23-28,59,74-77H,19-22H2,1-2H3,(H,82,83,84)(H,85,86,87)(H2,60,62,64,66,68)(H2,61,63,65,67,69). The van der Waals surface area contributed by atoms with Crippen LogP contribution in [-0.2, 0) is 58.7 Å². The van der Waals surface area contributed by atoms with Gasteiger partial charge in [0.15, 0.2) is 31.2 Å². The van der Waals surface area contributed by atoms with E-state index in [1.165, 1.54) is 60.7 Å². The van der Waals surface area contributed by atoms with Gasteiger partial charge in [-0.15, -0.1) is 18.9 Å². The van der Waals surface area contributed by atoms with Crippen LogP contribution in [0.3, 0.4) is 0 Å². The second kappa shape index (κ2) is 30.2. The average Bonchev–Trinajstić information content (AvgIpc) is 0.766. The number of halogens is 2. The van der Waals surface area contributed by atoms with Crippen molar-refractivity contribution in [2.24, 2.45) is 20.5 Å². The van der Waals surface area contributed by atoms with Gasteiger partial charge in [0.05, 0.1) is 87.7 Å². The summed E-state index contributed by atoms with van der Waals surface area (Å²) in [6.45, 7) is 3.46. The number of benzene rings is 8. The Morgan fingerprint density at radius 2 is 0.804 bits per heavy atom. The number of hydrogen-bond acceptors (Lipinski definition) is 33. The molecule has 0 saturated heterocycles. The summed E-state index contributed by atoms with van der Waals surface area (Å²) in [6.07, 6.45) is 0. The average molecular weight is 1480 g/mol. The number of hydrogen-bond donors (Lipinski definition) is 11. The topological polar surface area (TPSA) is 482 Å². The summed E-state index contributed by atoms with van der Waals surface area (Å²) in [5, 5.41) is 78.6. The molecule has 0 amide bonds. The van der Waals surface area contributed by atoms with Crippen LogP contribution >= 0.6 is 47.3 Å². The summed E-state index contributed by atoms with van der Waals surface area (Å²) in [5.41, 5.74) is 2.39. The molecule has 33 nitrogen and oxygen atoms in total. The quantitative estimate of drug-likeness (QED) is 0.00542. The molecule has 97 heavy (non-hydrogen) atoms. The van der Waals surface area contributed by atoms with Gasteiger partial charge in [0, 0.05) is 35.2 Å². The number of phenols is 2. The van der Waals surface area contributed by atoms with Crippen molar-refractivity contribution in [2.45, 2.75) is 43.2 Å². The van der Waals surface area contributed by atoms with Crippen LogP contribution < -0.4 is 26.6 Å². The maximum Gasteiger partial charge on any atom is 0.294 e. The first-order valence-corrected chi connectivity index (χ1v) is 35.7. The SMILES string of the molecule is Cc1ccc(N=Nc2c(SOOO)cc3cc(S(=O)(=O)O)cc(Nc4nc(Cl)nc(Nc5ccc(S(=O)(=O)CCNCCS(=O)(=O)c6ccc(Nc7nc(Cl)nc(Nc8cc(S(=O)(=O)O)cc9cc(SOOO)c(N=Nc%10ccc(C)cc%10)c(O)c89)n7)cc6)cc5)n4)c3c2O)cc1. The van der Waals surface area contributed by atoms with Crippen molar-refractivity contribution >= 4 is 178 Å². The third kappa shape index (κ3) is 18.0. The van der Waals surface area contributed by atoms with E-state index in [1.54, 1.807) is 48.5 Å². The fourth-order valence-corrected chi connectivity index (χ4v) is 13.8. The van der Waals surface area contributed by atoms with Crippen molar-refractivity contribution in [3.8, 4) is 11.5 Å². The van der Waals surface area contributed by atoms with Crippen LogP contribution in [0.2, 0.25) is 10.6 Å². The van der Waals surface area contributed by atoms with E-state index in [0.717, 1.165) is 35.4 Å². The Hall–Kier alpha value is -8.98. The minimum absolute atomic E-state index is 0.00748. The molecule has 11 N–H and O–H groups in total. The summed E-state index contributed by atoms with van der Waals surface area (Å²) in [4.78, 5) is 23.4. The number of fused-ring (bicyclic) bond motifs is 2. The molecule has 0 atom stereocenters. The zero-order valence-electron chi connectivity index (χ0n) is 49.3. The first kappa shape index (κ1) is 70.8. The molecule has 2 aromatic heterocycles. The van der Waals surface area contributed by atoms with Crippen molar-refractivity contribution in [1.29, 1.82) is 0 Å². The van der Waals surface area contributed by atoms with E-state index in [-0.39, 0.29) is 123 Å². The van der Waals surface area contributed by atoms with Crippen LogP contribution in [0.5, 0.6) is 11.5 Å². The number of aromatic nitrogens is 6. The summed E-state index contributed by atoms with van der Waals surface area (Å²) in [6, 6.07) is 31.2. The number of sulfone groups is 2. The van der Waals surface area contributed by atoms with E-state index < -0.39 is 72.7 Å². The molecule has 0 aliphatic rings. The van der Waals surface area contributed by atoms with E-state index in [4.69, 9.17) is 33.7 Å². The highest BCUT2D eigenvalue weighted by Crippen LogP contribution is 2.49. The zero-order valence-corrected chi connectivity index (χ0v) is 55.7. The van der Waals surface area contributed by atoms with Gasteiger partial charge in [-0.25, -0.2) is 27.4 Å². The van der Waals surface area contributed by atoms with Crippen molar-refractivity contribution in [1.82, 2.24) is 35.2 Å². The summed E-state index contributed by atoms with van der Waals surface area (Å²) in [7, 11) is -17.7. The van der Waals surface area contributed by atoms with Gasteiger partial charge in [-0.1, -0.05) is 45.5 Å². The third-order valence-electron chi connectivity index (χ3n) is 13.5. The molecule has 0 bridgehead atoms. The highest BCUT2D eigenvalue weighted by molar-refractivity contribution is 7.95. The van der Waals surface area contributed by atoms with E-state index in [9.17, 15) is 53.0 Å². The van der Waals surface area contributed by atoms with Gasteiger partial charge < -0.3 is 36.8 Å². The number of aromatic hydroxyl groups is 2. The van der Waals surface area contributed by atoms with Crippen molar-refractivity contribution in [3.63, 3.8) is 0 Å². The Morgan fingerprint density at radius 1 is 0.454 bits per heavy atom. The fraction of sp³-hybridized carbons (Fsp3) is 0.107. The molecule has 2 heterocycles. The van der Waals surface area contributed by atoms with Gasteiger partial charge >= 0.3 is 0 Å². The number of nitrogens with one attached hydrogen (secondary N) is 5. The molecule has 504 valence electrons. The Bertz CT molecular complexity index is 4860. The third-order valence-corrected chi connectivity index (χ3v) is 20.2. The lowest BCUT2D eigenvalue weighted by atomic mass is 10.1. The second-order valence-electron chi connectivity index (χ2n) is 20.2. The lowest BCUT2D eigenvalue weighted by Crippen LogP contribution is -2.28. The summed E-state index contributed by atoms with van der Waals surface area (Å²) in [5.74, 6) is -3.02. The molecule has 0 aliphatic carbocycles. The van der Waals surface area contributed by atoms with Crippen LogP contribution in [-0.4, -0.2) is 118 Å². The van der Waals surface area contributed by atoms with Crippen LogP contribution in [0.25, 0.3) is 21.5 Å². The molecule has 10 rings (SSSR count). The summed E-state index contributed by atoms with van der Waals surface area (Å²) < 4.78 is 133. The number of aryl methyl sites for hydroxylation is 2. The van der Waals surface area contributed by atoms with Crippen LogP contribution in [0, 0.1) is 13.8 Å². The first-order chi connectivity index (χ1) is 46.1. The predicted molar refractivity (Wildman–Crippen MR) is 356 cm³/mol. The Morgan fingerprint density at radius 3 is 1.14 bits per heavy atom. The highest BCUT2D eigenvalue weighted by Gasteiger charge is 2.26. The van der Waals surface area contributed by atoms with Crippen molar-refractivity contribution < 1.29 is 82.2 Å². The van der Waals surface area contributed by atoms with Crippen molar-refractivity contribution in [2.75, 3.05) is 45.9 Å². The molecule has 41 heteroatoms. The molecular weight excluding hydrogens is 1430 g/mol. The largest absolute Gasteiger partial charge is 0.505 e. The first-order valence-electron chi connectivity index (χ1n) is 27.3. The molecule has 0 fully saturated rings. The Balaban J connectivity index is 0.764. The van der Waals surface area contributed by atoms with Gasteiger partial charge in [0.25, 0.3) is 20.2 Å². The molecule has 8 aromatic carbocycles. The number of nitrogens with zero attached hydrogens (tertiary/aromatic N) is 10. The maximum absolute atomic E-state index is 13.4. The maximum atomic E-state index is 13.4. The van der Waals surface area contributed by atoms with Gasteiger partial charge in [-0.3, -0.25) is 9.11 Å². The van der Waals surface area contributed by atoms with Crippen LogP contribution in [0.1, 0.15) is 11.1 Å². The van der Waals surface area contributed by atoms with E-state index in [0.29, 0.717) is 35.5 Å². The molecule has 0 saturated carbocycles. The summed E-state index contributed by atoms with van der Waals surface area (Å²) >= 11 is 13.4. The minimum atomic E-state index is -4.90. The van der Waals surface area contributed by atoms with E-state index in [1.807, 2.05) is 13.8 Å². The van der Waals surface area contributed by atoms with Gasteiger partial charge in [0.2, 0.25) is 34.4 Å². The van der Waals surface area contributed by atoms with E-state index in [2.05, 4.69) is 95.7 Å². The lowest BCUT2D eigenvalue weighted by molar-refractivity contribution is -0.432. The molecule has 0 radical (unpaired) electrons. The molecule has 0 unspecified atom stereocenters. The van der Waals surface area contributed by atoms with E-state index >= 15 is 0 Å². The molecule has 0 aliphatic heterocycles. The lowest BCUT2D eigenvalue weighted by Gasteiger charge is -2.15. The van der Waals surface area contributed by atoms with Crippen LogP contribution in [0.15, 0.2) is 183 Å². The molecule has 10 aromatic rings. The number of anilines is 8. The highest BCUT2D eigenvalue weighted by atomic mass is 35.5. The smallest absolute Gasteiger partial charge is 0.294 e. The number of azo groups is 2. The molecular formula is C56H47Cl2N15O18S6. The second-order valence-corrected chi connectivity index (χ2v) is 29.4. The zero-order chi connectivity index (χ0) is 69.4. The number of rotatable bonds is 28. The van der Waals surface area contributed by atoms with Gasteiger partial charge in [0.1, 0.15) is 11.4 Å². The predicted octanol–water partition coefficient (Wildman–Crippen LogP) is 12.7. The molecule has 0 spiro atoms. The Labute approximate surface area is 567 Å². The van der Waals surface area contributed by atoms with Gasteiger partial charge in [-0.05, 0) is 157 Å². The normalized spacial score (nSPS) is 12.3. The van der Waals surface area contributed by atoms with Crippen molar-refractivity contribution in [3.05, 3.63) is 155 Å². The van der Waals surface area contributed by atoms with Gasteiger partial charge in [-0.2, -0.15) is 57.0 Å². The monoisotopic (exact) mass is 1480 g/mol. The Kier molecular flexibility index (Phi) is 22.0. The minimum Gasteiger partial charge on any atom is -0.505 e. The van der Waals surface area contributed by atoms with Crippen LogP contribution in [0.4, 0.5) is 69.3 Å².